The molecule has 0 radical (unpaired) electrons. The molecule has 3 aromatic carbocycles. The van der Waals surface area contributed by atoms with Crippen LogP contribution >= 0.6 is 11.7 Å². The average Bonchev–Trinajstić information content (AvgIpc) is 3.70. The molecule has 2 amide bonds. The van der Waals surface area contributed by atoms with E-state index in [0.717, 1.165) is 57.6 Å². The Morgan fingerprint density at radius 1 is 1.00 bits per heavy atom. The Morgan fingerprint density at radius 2 is 1.85 bits per heavy atom. The van der Waals surface area contributed by atoms with E-state index < -0.39 is 5.97 Å². The second-order valence-corrected chi connectivity index (χ2v) is 10.2. The van der Waals surface area contributed by atoms with E-state index in [9.17, 15) is 9.59 Å². The van der Waals surface area contributed by atoms with E-state index in [4.69, 9.17) is 14.2 Å². The van der Waals surface area contributed by atoms with Gasteiger partial charge in [0.25, 0.3) is 0 Å². The van der Waals surface area contributed by atoms with Crippen molar-refractivity contribution >= 4 is 51.4 Å². The second-order valence-electron chi connectivity index (χ2n) is 9.65. The molecule has 2 aromatic heterocycles. The maximum atomic E-state index is 13.6. The molecule has 0 saturated heterocycles. The Kier molecular flexibility index (Phi) is 7.43. The largest absolute Gasteiger partial charge is 0.461 e. The van der Waals surface area contributed by atoms with Gasteiger partial charge in [-0.15, -0.1) is 0 Å². The number of aromatic nitrogens is 3. The Balaban J connectivity index is 1.51. The number of esters is 1. The fourth-order valence-electron chi connectivity index (χ4n) is 5.01. The van der Waals surface area contributed by atoms with Crippen molar-refractivity contribution in [3.63, 3.8) is 0 Å². The van der Waals surface area contributed by atoms with Crippen LogP contribution in [0.25, 0.3) is 33.1 Å². The van der Waals surface area contributed by atoms with Crippen LogP contribution in [0.1, 0.15) is 42.7 Å². The third kappa shape index (κ3) is 5.28. The first kappa shape index (κ1) is 26.6. The molecule has 1 aliphatic heterocycles. The van der Waals surface area contributed by atoms with Gasteiger partial charge >= 0.3 is 12.0 Å². The van der Waals surface area contributed by atoms with Gasteiger partial charge in [-0.05, 0) is 66.9 Å². The average molecular weight is 572 g/mol. The minimum atomic E-state index is -0.442. The molecule has 6 rings (SSSR count). The molecular weight excluding hydrogens is 542 g/mol. The highest BCUT2D eigenvalue weighted by atomic mass is 32.1. The van der Waals surface area contributed by atoms with Gasteiger partial charge in [0, 0.05) is 35.2 Å². The van der Waals surface area contributed by atoms with Crippen LogP contribution in [0, 0.1) is 0 Å². The standard InChI is InChI=1S/C30H29N5O5S/c1-3-5-12-31-30(37)32-20-8-10-24-21(15-20)27(19-7-9-22-23(14-19)34-41-33-22)28(29(36)38-4-2)35(24)16-18-6-11-25-26(13-18)40-17-39-25/h6-11,13-15H,3-5,12,16-17H2,1-2H3,(H2,31,32,37). The van der Waals surface area contributed by atoms with Crippen LogP contribution in [0.5, 0.6) is 11.5 Å². The fourth-order valence-corrected chi connectivity index (χ4v) is 5.53. The van der Waals surface area contributed by atoms with E-state index in [0.29, 0.717) is 41.5 Å². The van der Waals surface area contributed by atoms with Gasteiger partial charge in [0.1, 0.15) is 16.7 Å². The second kappa shape index (κ2) is 11.5. The number of nitrogens with zero attached hydrogens (tertiary/aromatic N) is 3. The monoisotopic (exact) mass is 571 g/mol. The normalized spacial score (nSPS) is 12.1. The predicted octanol–water partition coefficient (Wildman–Crippen LogP) is 6.19. The maximum absolute atomic E-state index is 13.6. The molecule has 0 spiro atoms. The molecule has 3 heterocycles. The van der Waals surface area contributed by atoms with Crippen LogP contribution in [0.3, 0.4) is 0 Å². The van der Waals surface area contributed by atoms with Crippen LogP contribution in [0.2, 0.25) is 0 Å². The van der Waals surface area contributed by atoms with Crippen molar-refractivity contribution in [2.45, 2.75) is 33.2 Å². The number of hydrogen-bond donors (Lipinski definition) is 2. The molecule has 11 heteroatoms. The van der Waals surface area contributed by atoms with Gasteiger partial charge in [0.2, 0.25) is 6.79 Å². The Labute approximate surface area is 240 Å². The van der Waals surface area contributed by atoms with Gasteiger partial charge < -0.3 is 29.4 Å². The van der Waals surface area contributed by atoms with Gasteiger partial charge in [-0.1, -0.05) is 25.5 Å². The van der Waals surface area contributed by atoms with Gasteiger partial charge in [-0.2, -0.15) is 8.75 Å². The van der Waals surface area contributed by atoms with E-state index in [1.54, 1.807) is 6.92 Å². The summed E-state index contributed by atoms with van der Waals surface area (Å²) in [5, 5.41) is 6.61. The molecule has 2 N–H and O–H groups in total. The first-order valence-electron chi connectivity index (χ1n) is 13.5. The lowest BCUT2D eigenvalue weighted by molar-refractivity contribution is 0.0516. The number of fused-ring (bicyclic) bond motifs is 3. The number of nitrogens with one attached hydrogen (secondary N) is 2. The number of rotatable bonds is 9. The number of urea groups is 1. The third-order valence-corrected chi connectivity index (χ3v) is 7.48. The first-order valence-corrected chi connectivity index (χ1v) is 14.3. The number of anilines is 1. The van der Waals surface area contributed by atoms with Gasteiger partial charge in [-0.25, -0.2) is 9.59 Å². The van der Waals surface area contributed by atoms with Crippen molar-refractivity contribution in [3.05, 3.63) is 65.9 Å². The highest BCUT2D eigenvalue weighted by Crippen LogP contribution is 2.39. The predicted molar refractivity (Wildman–Crippen MR) is 158 cm³/mol. The fraction of sp³-hybridized carbons (Fsp3) is 0.267. The van der Waals surface area contributed by atoms with E-state index in [-0.39, 0.29) is 19.4 Å². The molecule has 1 aliphatic rings. The minimum Gasteiger partial charge on any atom is -0.461 e. The molecule has 210 valence electrons. The number of carbonyl (C=O) groups excluding carboxylic acids is 2. The third-order valence-electron chi connectivity index (χ3n) is 6.93. The molecule has 0 unspecified atom stereocenters. The number of unbranched alkanes of at least 4 members (excludes halogenated alkanes) is 1. The molecule has 5 aromatic rings. The summed E-state index contributed by atoms with van der Waals surface area (Å²) in [4.78, 5) is 26.2. The summed E-state index contributed by atoms with van der Waals surface area (Å²) in [6.45, 7) is 5.24. The molecule has 0 bridgehead atoms. The van der Waals surface area contributed by atoms with Gasteiger partial charge in [0.05, 0.1) is 18.3 Å². The van der Waals surface area contributed by atoms with Crippen LogP contribution in [0.4, 0.5) is 10.5 Å². The summed E-state index contributed by atoms with van der Waals surface area (Å²) < 4.78 is 27.4. The summed E-state index contributed by atoms with van der Waals surface area (Å²) in [6.07, 6.45) is 1.89. The highest BCUT2D eigenvalue weighted by molar-refractivity contribution is 7.00. The molecule has 0 fully saturated rings. The topological polar surface area (TPSA) is 117 Å². The van der Waals surface area contributed by atoms with Gasteiger partial charge in [0.15, 0.2) is 11.5 Å². The van der Waals surface area contributed by atoms with Crippen LogP contribution in [0.15, 0.2) is 54.6 Å². The van der Waals surface area contributed by atoms with Crippen molar-refractivity contribution in [2.24, 2.45) is 0 Å². The summed E-state index contributed by atoms with van der Waals surface area (Å²) in [5.41, 5.74) is 5.78. The van der Waals surface area contributed by atoms with Crippen molar-refractivity contribution < 1.29 is 23.8 Å². The molecular formula is C30H29N5O5S. The number of benzene rings is 3. The van der Waals surface area contributed by atoms with E-state index >= 15 is 0 Å². The minimum absolute atomic E-state index is 0.180. The number of amides is 2. The quantitative estimate of drug-likeness (QED) is 0.160. The lowest BCUT2D eigenvalue weighted by Crippen LogP contribution is -2.29. The highest BCUT2D eigenvalue weighted by Gasteiger charge is 2.26. The van der Waals surface area contributed by atoms with Crippen molar-refractivity contribution in [1.82, 2.24) is 18.6 Å². The zero-order chi connectivity index (χ0) is 28.3. The first-order chi connectivity index (χ1) is 20.1. The molecule has 0 aliphatic carbocycles. The molecule has 0 atom stereocenters. The summed E-state index contributed by atoms with van der Waals surface area (Å²) in [5.74, 6) is 0.914. The van der Waals surface area contributed by atoms with Crippen molar-refractivity contribution in [2.75, 3.05) is 25.3 Å². The maximum Gasteiger partial charge on any atom is 0.355 e. The van der Waals surface area contributed by atoms with E-state index in [2.05, 4.69) is 26.3 Å². The lowest BCUT2D eigenvalue weighted by atomic mass is 10.0. The summed E-state index contributed by atoms with van der Waals surface area (Å²) in [7, 11) is 0. The van der Waals surface area contributed by atoms with Gasteiger partial charge in [-0.3, -0.25) is 0 Å². The lowest BCUT2D eigenvalue weighted by Gasteiger charge is -2.12. The van der Waals surface area contributed by atoms with Crippen LogP contribution in [-0.2, 0) is 11.3 Å². The number of carbonyl (C=O) groups is 2. The van der Waals surface area contributed by atoms with Crippen molar-refractivity contribution in [1.29, 1.82) is 0 Å². The summed E-state index contributed by atoms with van der Waals surface area (Å²) >= 11 is 1.14. The molecule has 41 heavy (non-hydrogen) atoms. The Morgan fingerprint density at radius 3 is 2.71 bits per heavy atom. The number of ether oxygens (including phenoxy) is 3. The van der Waals surface area contributed by atoms with Crippen molar-refractivity contribution in [3.8, 4) is 22.6 Å². The zero-order valence-electron chi connectivity index (χ0n) is 22.7. The summed E-state index contributed by atoms with van der Waals surface area (Å²) in [6, 6.07) is 16.9. The number of hydrogen-bond acceptors (Lipinski definition) is 8. The van der Waals surface area contributed by atoms with E-state index in [1.807, 2.05) is 59.2 Å². The van der Waals surface area contributed by atoms with Crippen LogP contribution in [-0.4, -0.2) is 45.3 Å². The van der Waals surface area contributed by atoms with Crippen LogP contribution < -0.4 is 20.1 Å². The SMILES string of the molecule is CCCCNC(=O)Nc1ccc2c(c1)c(-c1ccc3nsnc3c1)c(C(=O)OCC)n2Cc1ccc2c(c1)OCO2. The molecule has 10 nitrogen and oxygen atoms in total. The Hall–Kier alpha value is -4.64. The van der Waals surface area contributed by atoms with E-state index in [1.165, 1.54) is 0 Å². The Bertz CT molecular complexity index is 1760. The molecule has 0 saturated carbocycles. The smallest absolute Gasteiger partial charge is 0.355 e. The zero-order valence-corrected chi connectivity index (χ0v) is 23.5.